The number of alkyl carbamates (subject to hydrolysis) is 1. The molecule has 1 aliphatic heterocycles. The van der Waals surface area contributed by atoms with Crippen LogP contribution in [0.2, 0.25) is 0 Å². The number of nitrogens with one attached hydrogen (secondary N) is 1. The summed E-state index contributed by atoms with van der Waals surface area (Å²) in [6.07, 6.45) is 2.50. The Morgan fingerprint density at radius 2 is 2.08 bits per heavy atom. The molecule has 1 aromatic heterocycles. The van der Waals surface area contributed by atoms with Gasteiger partial charge >= 0.3 is 6.09 Å². The molecular formula is C17H30N4O3. The van der Waals surface area contributed by atoms with Gasteiger partial charge in [0, 0.05) is 12.5 Å². The zero-order valence-electron chi connectivity index (χ0n) is 15.5. The molecule has 24 heavy (non-hydrogen) atoms. The van der Waals surface area contributed by atoms with Gasteiger partial charge in [-0.2, -0.15) is 4.98 Å². The average Bonchev–Trinajstić information content (AvgIpc) is 2.93. The largest absolute Gasteiger partial charge is 0.444 e. The maximum atomic E-state index is 11.9. The average molecular weight is 338 g/mol. The first kappa shape index (κ1) is 18.7. The van der Waals surface area contributed by atoms with E-state index in [1.54, 1.807) is 0 Å². The molecule has 136 valence electrons. The molecule has 1 N–H and O–H groups in total. The van der Waals surface area contributed by atoms with Crippen LogP contribution < -0.4 is 5.32 Å². The van der Waals surface area contributed by atoms with Crippen molar-refractivity contribution in [1.29, 1.82) is 0 Å². The molecule has 0 unspecified atom stereocenters. The van der Waals surface area contributed by atoms with Crippen LogP contribution in [0.15, 0.2) is 4.52 Å². The molecule has 1 saturated heterocycles. The Balaban J connectivity index is 1.74. The zero-order chi connectivity index (χ0) is 17.7. The van der Waals surface area contributed by atoms with Crippen LogP contribution in [0.4, 0.5) is 4.79 Å². The van der Waals surface area contributed by atoms with Crippen LogP contribution in [-0.4, -0.2) is 45.9 Å². The first-order valence-corrected chi connectivity index (χ1v) is 8.80. The Hall–Kier alpha value is -1.63. The molecule has 1 aromatic rings. The van der Waals surface area contributed by atoms with Gasteiger partial charge < -0.3 is 14.6 Å². The molecule has 2 rings (SSSR count). The standard InChI is InChI=1S/C17H30N4O3/c1-6-15-19-14(20-24-15)11-21-9-7-13(8-10-21)12(2)18-16(22)23-17(3,4)5/h12-13H,6-11H2,1-5H3,(H,18,22)/t12-/m0/s1. The number of carbonyl (C=O) groups excluding carboxylic acids is 1. The number of piperidine rings is 1. The van der Waals surface area contributed by atoms with E-state index in [2.05, 4.69) is 27.3 Å². The number of aryl methyl sites for hydroxylation is 1. The lowest BCUT2D eigenvalue weighted by Gasteiger charge is -2.34. The van der Waals surface area contributed by atoms with E-state index in [1.165, 1.54) is 0 Å². The van der Waals surface area contributed by atoms with Crippen LogP contribution >= 0.6 is 0 Å². The SMILES string of the molecule is CCc1nc(CN2CCC([C@H](C)NC(=O)OC(C)(C)C)CC2)no1. The van der Waals surface area contributed by atoms with Gasteiger partial charge in [-0.15, -0.1) is 0 Å². The van der Waals surface area contributed by atoms with E-state index in [9.17, 15) is 4.79 Å². The Morgan fingerprint density at radius 3 is 2.62 bits per heavy atom. The van der Waals surface area contributed by atoms with Crippen molar-refractivity contribution in [2.75, 3.05) is 13.1 Å². The third-order valence-electron chi connectivity index (χ3n) is 4.26. The monoisotopic (exact) mass is 338 g/mol. The summed E-state index contributed by atoms with van der Waals surface area (Å²) in [5.74, 6) is 1.91. The van der Waals surface area contributed by atoms with Crippen LogP contribution in [0.25, 0.3) is 0 Å². The van der Waals surface area contributed by atoms with Crippen LogP contribution in [0.3, 0.4) is 0 Å². The second-order valence-corrected chi connectivity index (χ2v) is 7.51. The minimum Gasteiger partial charge on any atom is -0.444 e. The minimum atomic E-state index is -0.463. The van der Waals surface area contributed by atoms with Crippen molar-refractivity contribution < 1.29 is 14.1 Å². The molecule has 1 aliphatic rings. The predicted molar refractivity (Wildman–Crippen MR) is 90.5 cm³/mol. The predicted octanol–water partition coefficient (Wildman–Crippen LogP) is 2.76. The Labute approximate surface area is 144 Å². The van der Waals surface area contributed by atoms with Crippen molar-refractivity contribution >= 4 is 6.09 Å². The molecule has 0 aliphatic carbocycles. The molecule has 0 spiro atoms. The van der Waals surface area contributed by atoms with E-state index in [0.29, 0.717) is 11.8 Å². The number of nitrogens with zero attached hydrogens (tertiary/aromatic N) is 3. The summed E-state index contributed by atoms with van der Waals surface area (Å²) >= 11 is 0. The van der Waals surface area contributed by atoms with Gasteiger partial charge in [-0.3, -0.25) is 4.90 Å². The Morgan fingerprint density at radius 1 is 1.42 bits per heavy atom. The topological polar surface area (TPSA) is 80.5 Å². The second-order valence-electron chi connectivity index (χ2n) is 7.51. The van der Waals surface area contributed by atoms with Crippen LogP contribution in [-0.2, 0) is 17.7 Å². The zero-order valence-corrected chi connectivity index (χ0v) is 15.5. The highest BCUT2D eigenvalue weighted by Gasteiger charge is 2.27. The van der Waals surface area contributed by atoms with Crippen molar-refractivity contribution in [3.8, 4) is 0 Å². The molecule has 7 heteroatoms. The molecule has 1 amide bonds. The Kier molecular flexibility index (Phi) is 6.21. The van der Waals surface area contributed by atoms with Gasteiger partial charge in [-0.05, 0) is 59.5 Å². The van der Waals surface area contributed by atoms with Crippen molar-refractivity contribution in [3.63, 3.8) is 0 Å². The van der Waals surface area contributed by atoms with Crippen molar-refractivity contribution in [2.24, 2.45) is 5.92 Å². The summed E-state index contributed by atoms with van der Waals surface area (Å²) < 4.78 is 10.5. The number of ether oxygens (including phenoxy) is 1. The fraction of sp³-hybridized carbons (Fsp3) is 0.824. The van der Waals surface area contributed by atoms with Gasteiger partial charge in [0.1, 0.15) is 5.60 Å². The summed E-state index contributed by atoms with van der Waals surface area (Å²) in [5.41, 5.74) is -0.463. The molecular weight excluding hydrogens is 308 g/mol. The third-order valence-corrected chi connectivity index (χ3v) is 4.26. The molecule has 2 heterocycles. The fourth-order valence-corrected chi connectivity index (χ4v) is 2.92. The smallest absolute Gasteiger partial charge is 0.407 e. The molecule has 0 bridgehead atoms. The Bertz CT molecular complexity index is 530. The highest BCUT2D eigenvalue weighted by Crippen LogP contribution is 2.22. The number of aromatic nitrogens is 2. The third kappa shape index (κ3) is 5.78. The molecule has 0 aromatic carbocycles. The highest BCUT2D eigenvalue weighted by atomic mass is 16.6. The molecule has 0 saturated carbocycles. The van der Waals surface area contributed by atoms with Gasteiger partial charge in [-0.25, -0.2) is 4.79 Å². The van der Waals surface area contributed by atoms with E-state index >= 15 is 0 Å². The lowest BCUT2D eigenvalue weighted by molar-refractivity contribution is 0.0472. The fourth-order valence-electron chi connectivity index (χ4n) is 2.92. The van der Waals surface area contributed by atoms with E-state index in [4.69, 9.17) is 9.26 Å². The van der Waals surface area contributed by atoms with Gasteiger partial charge in [0.25, 0.3) is 0 Å². The maximum absolute atomic E-state index is 11.9. The summed E-state index contributed by atoms with van der Waals surface area (Å²) in [6.45, 7) is 12.3. The first-order valence-electron chi connectivity index (χ1n) is 8.80. The van der Waals surface area contributed by atoms with Gasteiger partial charge in [0.05, 0.1) is 6.54 Å². The van der Waals surface area contributed by atoms with Crippen LogP contribution in [0, 0.1) is 5.92 Å². The molecule has 7 nitrogen and oxygen atoms in total. The quantitative estimate of drug-likeness (QED) is 0.889. The van der Waals surface area contributed by atoms with Gasteiger partial charge in [0.2, 0.25) is 5.89 Å². The molecule has 0 radical (unpaired) electrons. The normalized spacial score (nSPS) is 18.4. The van der Waals surface area contributed by atoms with Crippen molar-refractivity contribution in [2.45, 2.75) is 72.1 Å². The second kappa shape index (κ2) is 7.96. The maximum Gasteiger partial charge on any atom is 0.407 e. The number of amides is 1. The number of rotatable bonds is 5. The van der Waals surface area contributed by atoms with E-state index < -0.39 is 5.60 Å². The van der Waals surface area contributed by atoms with E-state index in [-0.39, 0.29) is 12.1 Å². The van der Waals surface area contributed by atoms with Gasteiger partial charge in [-0.1, -0.05) is 12.1 Å². The number of likely N-dealkylation sites (tertiary alicyclic amines) is 1. The van der Waals surface area contributed by atoms with Gasteiger partial charge in [0.15, 0.2) is 5.82 Å². The lowest BCUT2D eigenvalue weighted by Crippen LogP contribution is -2.45. The summed E-state index contributed by atoms with van der Waals surface area (Å²) in [6, 6.07) is 0.110. The summed E-state index contributed by atoms with van der Waals surface area (Å²) in [7, 11) is 0. The summed E-state index contributed by atoms with van der Waals surface area (Å²) in [5, 5.41) is 6.97. The van der Waals surface area contributed by atoms with Crippen LogP contribution in [0.1, 0.15) is 59.2 Å². The number of hydrogen-bond acceptors (Lipinski definition) is 6. The van der Waals surface area contributed by atoms with Crippen molar-refractivity contribution in [1.82, 2.24) is 20.4 Å². The molecule has 1 atom stereocenters. The van der Waals surface area contributed by atoms with Crippen LogP contribution in [0.5, 0.6) is 0 Å². The van der Waals surface area contributed by atoms with E-state index in [1.807, 2.05) is 27.7 Å². The lowest BCUT2D eigenvalue weighted by atomic mass is 9.90. The number of hydrogen-bond donors (Lipinski definition) is 1. The highest BCUT2D eigenvalue weighted by molar-refractivity contribution is 5.68. The first-order chi connectivity index (χ1) is 11.3. The minimum absolute atomic E-state index is 0.110. The molecule has 1 fully saturated rings. The van der Waals surface area contributed by atoms with Crippen molar-refractivity contribution in [3.05, 3.63) is 11.7 Å². The number of carbonyl (C=O) groups is 1. The summed E-state index contributed by atoms with van der Waals surface area (Å²) in [4.78, 5) is 18.6. The van der Waals surface area contributed by atoms with E-state index in [0.717, 1.165) is 44.7 Å².